The van der Waals surface area contributed by atoms with Crippen LogP contribution < -0.4 is 4.74 Å². The van der Waals surface area contributed by atoms with E-state index in [0.29, 0.717) is 6.42 Å². The summed E-state index contributed by atoms with van der Waals surface area (Å²) >= 11 is 0. The van der Waals surface area contributed by atoms with E-state index in [0.717, 1.165) is 41.2 Å². The van der Waals surface area contributed by atoms with Crippen LogP contribution in [0.4, 0.5) is 4.39 Å². The molecule has 0 unspecified atom stereocenters. The van der Waals surface area contributed by atoms with Crippen LogP contribution >= 0.6 is 0 Å². The third-order valence-corrected chi connectivity index (χ3v) is 5.52. The lowest BCUT2D eigenvalue weighted by atomic mass is 9.96. The lowest BCUT2D eigenvalue weighted by Gasteiger charge is -2.15. The molecule has 0 N–H and O–H groups in total. The van der Waals surface area contributed by atoms with Crippen molar-refractivity contribution < 1.29 is 9.13 Å². The monoisotopic (exact) mass is 401 g/mol. The molecule has 4 rings (SSSR count). The van der Waals surface area contributed by atoms with Gasteiger partial charge in [0, 0.05) is 6.54 Å². The molecule has 3 heteroatoms. The first-order chi connectivity index (χ1) is 14.8. The number of likely N-dealkylation sites (tertiary alicyclic amines) is 1. The van der Waals surface area contributed by atoms with Crippen molar-refractivity contribution in [2.45, 2.75) is 19.3 Å². The Morgan fingerprint density at radius 3 is 2.40 bits per heavy atom. The smallest absolute Gasteiger partial charge is 0.123 e. The molecule has 0 radical (unpaired) electrons. The van der Waals surface area contributed by atoms with Crippen molar-refractivity contribution in [2.75, 3.05) is 26.2 Å². The van der Waals surface area contributed by atoms with E-state index >= 15 is 0 Å². The number of allylic oxidation sites excluding steroid dienone is 1. The topological polar surface area (TPSA) is 12.5 Å². The van der Waals surface area contributed by atoms with Crippen LogP contribution in [0.25, 0.3) is 11.6 Å². The molecule has 0 bridgehead atoms. The van der Waals surface area contributed by atoms with Gasteiger partial charge in [-0.2, -0.15) is 0 Å². The van der Waals surface area contributed by atoms with E-state index in [1.165, 1.54) is 32.0 Å². The number of halogens is 1. The molecule has 3 aromatic rings. The maximum atomic E-state index is 13.7. The molecule has 1 aliphatic heterocycles. The fourth-order valence-electron chi connectivity index (χ4n) is 3.92. The average molecular weight is 402 g/mol. The van der Waals surface area contributed by atoms with Crippen LogP contribution in [0.15, 0.2) is 78.9 Å². The Kier molecular flexibility index (Phi) is 6.94. The summed E-state index contributed by atoms with van der Waals surface area (Å²) in [4.78, 5) is 2.45. The number of hydrogen-bond acceptors (Lipinski definition) is 2. The molecule has 154 valence electrons. The summed E-state index contributed by atoms with van der Waals surface area (Å²) in [5, 5.41) is 0. The number of benzene rings is 3. The molecule has 30 heavy (non-hydrogen) atoms. The molecule has 0 aromatic heterocycles. The molecular formula is C27H28FNO. The van der Waals surface area contributed by atoms with Crippen LogP contribution in [-0.2, 0) is 6.42 Å². The minimum absolute atomic E-state index is 0.199. The zero-order valence-electron chi connectivity index (χ0n) is 17.3. The molecule has 0 atom stereocenters. The second-order valence-corrected chi connectivity index (χ2v) is 7.81. The van der Waals surface area contributed by atoms with Gasteiger partial charge < -0.3 is 4.74 Å². The maximum absolute atomic E-state index is 13.7. The van der Waals surface area contributed by atoms with Crippen LogP contribution in [0.1, 0.15) is 29.5 Å². The van der Waals surface area contributed by atoms with E-state index in [1.54, 1.807) is 12.1 Å². The normalized spacial score (nSPS) is 14.8. The Balaban J connectivity index is 1.46. The quantitative estimate of drug-likeness (QED) is 0.424. The Morgan fingerprint density at radius 1 is 0.900 bits per heavy atom. The van der Waals surface area contributed by atoms with Gasteiger partial charge in [0.15, 0.2) is 0 Å². The number of nitrogens with zero attached hydrogens (tertiary/aromatic N) is 1. The van der Waals surface area contributed by atoms with Crippen molar-refractivity contribution in [3.05, 3.63) is 101 Å². The maximum Gasteiger partial charge on any atom is 0.123 e. The first-order valence-corrected chi connectivity index (χ1v) is 10.7. The van der Waals surface area contributed by atoms with Gasteiger partial charge in [-0.05, 0) is 78.9 Å². The van der Waals surface area contributed by atoms with Gasteiger partial charge in [-0.15, -0.1) is 0 Å². The highest BCUT2D eigenvalue weighted by atomic mass is 19.1. The van der Waals surface area contributed by atoms with Crippen molar-refractivity contribution in [1.29, 1.82) is 0 Å². The summed E-state index contributed by atoms with van der Waals surface area (Å²) in [7, 11) is 0. The molecule has 0 saturated carbocycles. The number of hydrogen-bond donors (Lipinski definition) is 0. The predicted molar refractivity (Wildman–Crippen MR) is 122 cm³/mol. The molecule has 1 heterocycles. The second-order valence-electron chi connectivity index (χ2n) is 7.81. The van der Waals surface area contributed by atoms with Crippen LogP contribution in [0.2, 0.25) is 0 Å². The minimum Gasteiger partial charge on any atom is -0.492 e. The number of ether oxygens (including phenoxy) is 1. The molecule has 1 fully saturated rings. The van der Waals surface area contributed by atoms with Gasteiger partial charge in [0.25, 0.3) is 0 Å². The molecule has 0 spiro atoms. The Morgan fingerprint density at radius 2 is 1.67 bits per heavy atom. The van der Waals surface area contributed by atoms with Gasteiger partial charge in [-0.1, -0.05) is 60.7 Å². The zero-order valence-corrected chi connectivity index (χ0v) is 17.3. The van der Waals surface area contributed by atoms with E-state index in [4.69, 9.17) is 4.74 Å². The highest BCUT2D eigenvalue weighted by Crippen LogP contribution is 2.24. The van der Waals surface area contributed by atoms with E-state index in [2.05, 4.69) is 35.2 Å². The first-order valence-electron chi connectivity index (χ1n) is 10.7. The Hall–Kier alpha value is -2.91. The van der Waals surface area contributed by atoms with Gasteiger partial charge in [0.1, 0.15) is 18.2 Å². The van der Waals surface area contributed by atoms with Crippen molar-refractivity contribution in [1.82, 2.24) is 4.90 Å². The summed E-state index contributed by atoms with van der Waals surface area (Å²) in [5.74, 6) is 0.702. The second kappa shape index (κ2) is 10.2. The van der Waals surface area contributed by atoms with Gasteiger partial charge in [0.05, 0.1) is 0 Å². The summed E-state index contributed by atoms with van der Waals surface area (Å²) in [5.41, 5.74) is 4.38. The van der Waals surface area contributed by atoms with E-state index in [-0.39, 0.29) is 5.82 Å². The van der Waals surface area contributed by atoms with E-state index in [1.807, 2.05) is 36.4 Å². The highest BCUT2D eigenvalue weighted by molar-refractivity contribution is 5.82. The standard InChI is InChI=1S/C27H28FNO/c28-26-10-6-7-23(21-26)20-25(24-8-2-1-3-9-24)19-22-11-13-27(14-12-22)30-18-17-29-15-4-5-16-29/h1-3,6-14,19,21H,4-5,15-18,20H2/b25-19+. The Bertz CT molecular complexity index is 960. The minimum atomic E-state index is -0.199. The fourth-order valence-corrected chi connectivity index (χ4v) is 3.92. The molecule has 0 aliphatic carbocycles. The van der Waals surface area contributed by atoms with Crippen LogP contribution in [0.3, 0.4) is 0 Å². The largest absolute Gasteiger partial charge is 0.492 e. The summed E-state index contributed by atoms with van der Waals surface area (Å²) < 4.78 is 19.6. The van der Waals surface area contributed by atoms with Gasteiger partial charge in [-0.25, -0.2) is 4.39 Å². The summed E-state index contributed by atoms with van der Waals surface area (Å²) in [6, 6.07) is 25.3. The highest BCUT2D eigenvalue weighted by Gasteiger charge is 2.10. The van der Waals surface area contributed by atoms with Gasteiger partial charge in [0.2, 0.25) is 0 Å². The fraction of sp³-hybridized carbons (Fsp3) is 0.259. The zero-order chi connectivity index (χ0) is 20.6. The van der Waals surface area contributed by atoms with Crippen LogP contribution in [0.5, 0.6) is 5.75 Å². The Labute approximate surface area is 178 Å². The molecular weight excluding hydrogens is 373 g/mol. The lowest BCUT2D eigenvalue weighted by molar-refractivity contribution is 0.238. The summed E-state index contributed by atoms with van der Waals surface area (Å²) in [6.45, 7) is 4.11. The van der Waals surface area contributed by atoms with Gasteiger partial charge in [-0.3, -0.25) is 4.90 Å². The van der Waals surface area contributed by atoms with Crippen LogP contribution in [0, 0.1) is 5.82 Å². The third kappa shape index (κ3) is 5.80. The van der Waals surface area contributed by atoms with E-state index in [9.17, 15) is 4.39 Å². The van der Waals surface area contributed by atoms with Crippen molar-refractivity contribution in [2.24, 2.45) is 0 Å². The van der Waals surface area contributed by atoms with Crippen LogP contribution in [-0.4, -0.2) is 31.1 Å². The van der Waals surface area contributed by atoms with Crippen molar-refractivity contribution in [3.8, 4) is 5.75 Å². The molecule has 1 saturated heterocycles. The molecule has 2 nitrogen and oxygen atoms in total. The first kappa shape index (κ1) is 20.4. The third-order valence-electron chi connectivity index (χ3n) is 5.52. The molecule has 3 aromatic carbocycles. The molecule has 0 amide bonds. The average Bonchev–Trinajstić information content (AvgIpc) is 3.29. The number of rotatable bonds is 8. The van der Waals surface area contributed by atoms with E-state index < -0.39 is 0 Å². The lowest BCUT2D eigenvalue weighted by Crippen LogP contribution is -2.25. The summed E-state index contributed by atoms with van der Waals surface area (Å²) in [6.07, 6.45) is 5.46. The predicted octanol–water partition coefficient (Wildman–Crippen LogP) is 6.08. The van der Waals surface area contributed by atoms with Crippen molar-refractivity contribution in [3.63, 3.8) is 0 Å². The molecule has 1 aliphatic rings. The van der Waals surface area contributed by atoms with Gasteiger partial charge >= 0.3 is 0 Å². The SMILES string of the molecule is Fc1cccc(C/C(=C\c2ccc(OCCN3CCCC3)cc2)c2ccccc2)c1. The van der Waals surface area contributed by atoms with Crippen molar-refractivity contribution >= 4 is 11.6 Å².